The molecule has 2 rings (SSSR count). The van der Waals surface area contributed by atoms with Crippen molar-refractivity contribution in [1.82, 2.24) is 9.47 Å². The van der Waals surface area contributed by atoms with Gasteiger partial charge in [0, 0.05) is 49.4 Å². The fourth-order valence-corrected chi connectivity index (χ4v) is 2.84. The molecule has 0 aliphatic rings. The number of aliphatic carboxylic acids is 1. The zero-order valence-corrected chi connectivity index (χ0v) is 14.6. The molecule has 1 amide bonds. The number of amides is 1. The van der Waals surface area contributed by atoms with E-state index in [2.05, 4.69) is 11.5 Å². The molecule has 0 aliphatic heterocycles. The van der Waals surface area contributed by atoms with Gasteiger partial charge in [0.25, 0.3) is 5.91 Å². The predicted octanol–water partition coefficient (Wildman–Crippen LogP) is 2.45. The second-order valence-corrected chi connectivity index (χ2v) is 5.96. The maximum absolute atomic E-state index is 12.5. The minimum Gasteiger partial charge on any atom is -0.481 e. The quantitative estimate of drug-likeness (QED) is 0.845. The van der Waals surface area contributed by atoms with Crippen molar-refractivity contribution in [2.75, 3.05) is 27.3 Å². The van der Waals surface area contributed by atoms with Crippen LogP contribution in [0.1, 0.15) is 28.0 Å². The molecule has 130 valence electrons. The van der Waals surface area contributed by atoms with Crippen LogP contribution >= 0.6 is 0 Å². The number of hydrogen-bond donors (Lipinski definition) is 1. The number of carboxylic acid groups (broad SMARTS) is 1. The molecule has 0 saturated carbocycles. The lowest BCUT2D eigenvalue weighted by Gasteiger charge is -2.16. The summed E-state index contributed by atoms with van der Waals surface area (Å²) >= 11 is 0. The Labute approximate surface area is 141 Å². The monoisotopic (exact) mass is 332 g/mol. The van der Waals surface area contributed by atoms with E-state index in [4.69, 9.17) is 9.84 Å². The van der Waals surface area contributed by atoms with E-state index in [1.54, 1.807) is 20.2 Å². The van der Waals surface area contributed by atoms with Crippen LogP contribution in [0.25, 0.3) is 10.9 Å². The van der Waals surface area contributed by atoms with Gasteiger partial charge in [-0.25, -0.2) is 0 Å². The lowest BCUT2D eigenvalue weighted by Crippen LogP contribution is -2.29. The van der Waals surface area contributed by atoms with Crippen molar-refractivity contribution < 1.29 is 19.4 Å². The Morgan fingerprint density at radius 2 is 2.00 bits per heavy atom. The summed E-state index contributed by atoms with van der Waals surface area (Å²) < 4.78 is 7.36. The van der Waals surface area contributed by atoms with Crippen LogP contribution in [0.4, 0.5) is 0 Å². The van der Waals surface area contributed by atoms with Gasteiger partial charge in [0.1, 0.15) is 0 Å². The van der Waals surface area contributed by atoms with Gasteiger partial charge >= 0.3 is 5.97 Å². The van der Waals surface area contributed by atoms with Crippen molar-refractivity contribution in [1.29, 1.82) is 0 Å². The van der Waals surface area contributed by atoms with E-state index in [0.717, 1.165) is 28.7 Å². The Bertz CT molecular complexity index is 764. The number of ether oxygens (including phenoxy) is 1. The fourth-order valence-electron chi connectivity index (χ4n) is 2.84. The highest BCUT2D eigenvalue weighted by Crippen LogP contribution is 2.26. The topological polar surface area (TPSA) is 71.8 Å². The van der Waals surface area contributed by atoms with E-state index >= 15 is 0 Å². The predicted molar refractivity (Wildman–Crippen MR) is 92.5 cm³/mol. The van der Waals surface area contributed by atoms with Crippen LogP contribution in [0.2, 0.25) is 0 Å². The van der Waals surface area contributed by atoms with Crippen molar-refractivity contribution in [2.45, 2.75) is 26.8 Å². The zero-order chi connectivity index (χ0) is 17.9. The van der Waals surface area contributed by atoms with Gasteiger partial charge < -0.3 is 19.3 Å². The van der Waals surface area contributed by atoms with Crippen molar-refractivity contribution in [3.05, 3.63) is 35.0 Å². The number of carboxylic acids is 1. The molecule has 0 bridgehead atoms. The number of carbonyl (C=O) groups excluding carboxylic acids is 1. The van der Waals surface area contributed by atoms with Gasteiger partial charge in [0.15, 0.2) is 0 Å². The first-order valence-corrected chi connectivity index (χ1v) is 7.92. The molecular weight excluding hydrogens is 308 g/mol. The van der Waals surface area contributed by atoms with E-state index < -0.39 is 5.97 Å². The molecule has 0 saturated heterocycles. The van der Waals surface area contributed by atoms with Crippen molar-refractivity contribution in [3.63, 3.8) is 0 Å². The van der Waals surface area contributed by atoms with Crippen molar-refractivity contribution in [3.8, 4) is 0 Å². The maximum Gasteiger partial charge on any atom is 0.305 e. The summed E-state index contributed by atoms with van der Waals surface area (Å²) in [4.78, 5) is 24.6. The van der Waals surface area contributed by atoms with Crippen molar-refractivity contribution in [2.24, 2.45) is 0 Å². The maximum atomic E-state index is 12.5. The largest absolute Gasteiger partial charge is 0.481 e. The molecule has 0 atom stereocenters. The molecule has 6 heteroatoms. The number of methoxy groups -OCH3 is 1. The smallest absolute Gasteiger partial charge is 0.305 e. The van der Waals surface area contributed by atoms with Crippen LogP contribution in [0, 0.1) is 13.8 Å². The van der Waals surface area contributed by atoms with Gasteiger partial charge in [-0.05, 0) is 37.6 Å². The summed E-state index contributed by atoms with van der Waals surface area (Å²) in [5.74, 6) is -1.08. The van der Waals surface area contributed by atoms with Crippen LogP contribution in [0.5, 0.6) is 0 Å². The second-order valence-electron chi connectivity index (χ2n) is 5.96. The van der Waals surface area contributed by atoms with E-state index in [-0.39, 0.29) is 18.9 Å². The molecule has 6 nitrogen and oxygen atoms in total. The Balaban J connectivity index is 2.32. The first-order valence-electron chi connectivity index (χ1n) is 7.92. The van der Waals surface area contributed by atoms with Gasteiger partial charge in [0.2, 0.25) is 0 Å². The van der Waals surface area contributed by atoms with Crippen LogP contribution < -0.4 is 0 Å². The molecule has 1 aromatic carbocycles. The number of rotatable bonds is 7. The third kappa shape index (κ3) is 3.59. The van der Waals surface area contributed by atoms with Gasteiger partial charge in [-0.3, -0.25) is 9.59 Å². The lowest BCUT2D eigenvalue weighted by atomic mass is 10.1. The SMILES string of the molecule is COCCn1c(C)c(C)c2cc(C(=O)N(C)CCC(=O)O)ccc21. The molecular formula is C18H24N2O4. The van der Waals surface area contributed by atoms with Crippen molar-refractivity contribution >= 4 is 22.8 Å². The van der Waals surface area contributed by atoms with Crippen LogP contribution in [0.15, 0.2) is 18.2 Å². The van der Waals surface area contributed by atoms with Gasteiger partial charge in [-0.1, -0.05) is 0 Å². The fraction of sp³-hybridized carbons (Fsp3) is 0.444. The molecule has 1 N–H and O–H groups in total. The number of fused-ring (bicyclic) bond motifs is 1. The minimum absolute atomic E-state index is 0.0595. The number of carbonyl (C=O) groups is 2. The molecule has 24 heavy (non-hydrogen) atoms. The Morgan fingerprint density at radius 1 is 1.29 bits per heavy atom. The van der Waals surface area contributed by atoms with Crippen LogP contribution in [-0.2, 0) is 16.1 Å². The Morgan fingerprint density at radius 3 is 2.62 bits per heavy atom. The molecule has 0 radical (unpaired) electrons. The standard InChI is InChI=1S/C18H24N2O4/c1-12-13(2)20(9-10-24-4)16-6-5-14(11-15(12)16)18(23)19(3)8-7-17(21)22/h5-6,11H,7-10H2,1-4H3,(H,21,22). The second kappa shape index (κ2) is 7.49. The number of hydrogen-bond acceptors (Lipinski definition) is 3. The number of nitrogens with zero attached hydrogens (tertiary/aromatic N) is 2. The highest BCUT2D eigenvalue weighted by atomic mass is 16.5. The summed E-state index contributed by atoms with van der Waals surface area (Å²) in [6, 6.07) is 5.63. The first-order chi connectivity index (χ1) is 11.4. The van der Waals surface area contributed by atoms with E-state index in [1.165, 1.54) is 4.90 Å². The summed E-state index contributed by atoms with van der Waals surface area (Å²) in [6.07, 6.45) is -0.0595. The van der Waals surface area contributed by atoms with E-state index in [0.29, 0.717) is 12.2 Å². The highest BCUT2D eigenvalue weighted by Gasteiger charge is 2.16. The third-order valence-corrected chi connectivity index (χ3v) is 4.41. The number of aromatic nitrogens is 1. The zero-order valence-electron chi connectivity index (χ0n) is 14.6. The number of aryl methyl sites for hydroxylation is 1. The molecule has 0 unspecified atom stereocenters. The van der Waals surface area contributed by atoms with Gasteiger partial charge in [0.05, 0.1) is 13.0 Å². The van der Waals surface area contributed by atoms with Crippen LogP contribution in [0.3, 0.4) is 0 Å². The molecule has 1 heterocycles. The van der Waals surface area contributed by atoms with E-state index in [1.807, 2.05) is 19.1 Å². The summed E-state index contributed by atoms with van der Waals surface area (Å²) in [5.41, 5.74) is 3.95. The normalized spacial score (nSPS) is 11.0. The third-order valence-electron chi connectivity index (χ3n) is 4.41. The molecule has 1 aromatic heterocycles. The average molecular weight is 332 g/mol. The molecule has 0 fully saturated rings. The summed E-state index contributed by atoms with van der Waals surface area (Å²) in [6.45, 7) is 5.69. The lowest BCUT2D eigenvalue weighted by molar-refractivity contribution is -0.137. The Hall–Kier alpha value is -2.34. The highest BCUT2D eigenvalue weighted by molar-refractivity contribution is 5.99. The molecule has 0 spiro atoms. The van der Waals surface area contributed by atoms with Gasteiger partial charge in [-0.15, -0.1) is 0 Å². The van der Waals surface area contributed by atoms with Crippen LogP contribution in [-0.4, -0.2) is 53.8 Å². The van der Waals surface area contributed by atoms with E-state index in [9.17, 15) is 9.59 Å². The molecule has 2 aromatic rings. The average Bonchev–Trinajstić information content (AvgIpc) is 2.80. The summed E-state index contributed by atoms with van der Waals surface area (Å²) in [7, 11) is 3.30. The number of benzene rings is 1. The molecule has 0 aliphatic carbocycles. The first kappa shape index (κ1) is 18.0. The van der Waals surface area contributed by atoms with Gasteiger partial charge in [-0.2, -0.15) is 0 Å². The Kier molecular flexibility index (Phi) is 5.62. The minimum atomic E-state index is -0.910. The summed E-state index contributed by atoms with van der Waals surface area (Å²) in [5, 5.41) is 9.79.